The number of pyridine rings is 1. The maximum atomic E-state index is 13.7. The zero-order chi connectivity index (χ0) is 26.8. The standard InChI is InChI=1S/C30H28Br2N4O2/c1-3-35(4-2)18-27(37)36-26(19-10-12-21(31)13-11-19)17-25(34-36)29-28(20-8-6-5-7-9-20)23-16-22(32)14-15-24(23)33-30(29)38/h5-16,26H,3-4,17-18H2,1-2H3,(H,33,38)/p+1/t26-/m0/s1. The van der Waals surface area contributed by atoms with Gasteiger partial charge >= 0.3 is 0 Å². The van der Waals surface area contributed by atoms with E-state index in [4.69, 9.17) is 5.10 Å². The zero-order valence-electron chi connectivity index (χ0n) is 21.3. The number of likely N-dealkylation sites (N-methyl/N-ethyl adjacent to an activating group) is 1. The molecule has 0 spiro atoms. The number of quaternary nitrogens is 1. The first kappa shape index (κ1) is 26.5. The first-order chi connectivity index (χ1) is 18.4. The van der Waals surface area contributed by atoms with Gasteiger partial charge in [0, 0.05) is 31.8 Å². The van der Waals surface area contributed by atoms with Crippen molar-refractivity contribution in [2.75, 3.05) is 19.6 Å². The first-order valence-corrected chi connectivity index (χ1v) is 14.4. The number of nitrogens with one attached hydrogen (secondary N) is 2. The summed E-state index contributed by atoms with van der Waals surface area (Å²) in [6, 6.07) is 23.4. The van der Waals surface area contributed by atoms with Gasteiger partial charge in [-0.15, -0.1) is 0 Å². The lowest BCUT2D eigenvalue weighted by Gasteiger charge is -2.24. The Balaban J connectivity index is 1.69. The minimum Gasteiger partial charge on any atom is -0.328 e. The summed E-state index contributed by atoms with van der Waals surface area (Å²) in [5, 5.41) is 7.40. The lowest BCUT2D eigenvalue weighted by molar-refractivity contribution is -0.888. The van der Waals surface area contributed by atoms with E-state index in [0.29, 0.717) is 24.2 Å². The normalized spacial score (nSPS) is 15.3. The summed E-state index contributed by atoms with van der Waals surface area (Å²) in [5.41, 5.74) is 4.39. The molecule has 0 bridgehead atoms. The molecule has 2 heterocycles. The number of aromatic amines is 1. The van der Waals surface area contributed by atoms with Crippen LogP contribution in [0, 0.1) is 0 Å². The van der Waals surface area contributed by atoms with Gasteiger partial charge in [-0.1, -0.05) is 74.3 Å². The lowest BCUT2D eigenvalue weighted by atomic mass is 9.91. The maximum Gasteiger partial charge on any atom is 0.298 e. The van der Waals surface area contributed by atoms with Gasteiger partial charge in [-0.3, -0.25) is 9.59 Å². The largest absolute Gasteiger partial charge is 0.328 e. The topological polar surface area (TPSA) is 70.0 Å². The van der Waals surface area contributed by atoms with Crippen LogP contribution in [0.3, 0.4) is 0 Å². The Bertz CT molecular complexity index is 1560. The van der Waals surface area contributed by atoms with Crippen LogP contribution < -0.4 is 10.5 Å². The van der Waals surface area contributed by atoms with Crippen molar-refractivity contribution in [2.24, 2.45) is 5.10 Å². The Morgan fingerprint density at radius 1 is 0.974 bits per heavy atom. The molecule has 38 heavy (non-hydrogen) atoms. The number of carbonyl (C=O) groups is 1. The van der Waals surface area contributed by atoms with Crippen LogP contribution in [0.1, 0.15) is 37.4 Å². The molecule has 0 unspecified atom stereocenters. The molecule has 1 atom stereocenters. The number of hydrogen-bond acceptors (Lipinski definition) is 3. The van der Waals surface area contributed by atoms with E-state index in [0.717, 1.165) is 49.6 Å². The SMILES string of the molecule is CC[NH+](CC)CC(=O)N1N=C(c2c(-c3ccccc3)c3cc(Br)ccc3[nH]c2=O)C[C@H]1c1ccc(Br)cc1. The summed E-state index contributed by atoms with van der Waals surface area (Å²) in [6.07, 6.45) is 0.448. The molecule has 6 nitrogen and oxygen atoms in total. The van der Waals surface area contributed by atoms with E-state index in [1.807, 2.05) is 72.8 Å². The number of amides is 1. The van der Waals surface area contributed by atoms with E-state index < -0.39 is 0 Å². The number of nitrogens with zero attached hydrogens (tertiary/aromatic N) is 2. The zero-order valence-corrected chi connectivity index (χ0v) is 24.5. The molecular formula is C30H29Br2N4O2+. The predicted molar refractivity (Wildman–Crippen MR) is 159 cm³/mol. The molecule has 0 aliphatic carbocycles. The summed E-state index contributed by atoms with van der Waals surface area (Å²) >= 11 is 7.11. The van der Waals surface area contributed by atoms with Crippen LogP contribution in [-0.2, 0) is 4.79 Å². The van der Waals surface area contributed by atoms with Crippen molar-refractivity contribution in [2.45, 2.75) is 26.3 Å². The summed E-state index contributed by atoms with van der Waals surface area (Å²) in [6.45, 7) is 6.22. The van der Waals surface area contributed by atoms with Crippen molar-refractivity contribution in [3.05, 3.63) is 103 Å². The van der Waals surface area contributed by atoms with Crippen molar-refractivity contribution in [3.8, 4) is 11.1 Å². The third kappa shape index (κ3) is 5.25. The second-order valence-electron chi connectivity index (χ2n) is 9.45. The van der Waals surface area contributed by atoms with Crippen LogP contribution in [0.4, 0.5) is 0 Å². The van der Waals surface area contributed by atoms with Crippen LogP contribution >= 0.6 is 31.9 Å². The Morgan fingerprint density at radius 2 is 1.66 bits per heavy atom. The number of halogens is 2. The van der Waals surface area contributed by atoms with Crippen molar-refractivity contribution in [3.63, 3.8) is 0 Å². The minimum absolute atomic E-state index is 0.0483. The second kappa shape index (κ2) is 11.4. The number of carbonyl (C=O) groups excluding carboxylic acids is 1. The number of rotatable bonds is 7. The van der Waals surface area contributed by atoms with Gasteiger partial charge in [0.15, 0.2) is 6.54 Å². The van der Waals surface area contributed by atoms with E-state index in [9.17, 15) is 9.59 Å². The van der Waals surface area contributed by atoms with Crippen LogP contribution in [-0.4, -0.2) is 41.2 Å². The highest BCUT2D eigenvalue weighted by atomic mass is 79.9. The summed E-state index contributed by atoms with van der Waals surface area (Å²) in [4.78, 5) is 31.5. The smallest absolute Gasteiger partial charge is 0.298 e. The first-order valence-electron chi connectivity index (χ1n) is 12.8. The fourth-order valence-corrected chi connectivity index (χ4v) is 5.70. The molecule has 0 saturated carbocycles. The number of hydrazone groups is 1. The van der Waals surface area contributed by atoms with Crippen LogP contribution in [0.25, 0.3) is 22.0 Å². The average Bonchev–Trinajstić information content (AvgIpc) is 3.37. The third-order valence-electron chi connectivity index (χ3n) is 7.15. The quantitative estimate of drug-likeness (QED) is 0.288. The number of H-pyrrole nitrogens is 1. The van der Waals surface area contributed by atoms with Crippen LogP contribution in [0.5, 0.6) is 0 Å². The van der Waals surface area contributed by atoms with Gasteiger partial charge in [0.25, 0.3) is 11.5 Å². The monoisotopic (exact) mass is 635 g/mol. The Hall–Kier alpha value is -3.07. The molecular weight excluding hydrogens is 608 g/mol. The molecule has 4 aromatic rings. The van der Waals surface area contributed by atoms with E-state index >= 15 is 0 Å². The highest BCUT2D eigenvalue weighted by Crippen LogP contribution is 2.37. The third-order valence-corrected chi connectivity index (χ3v) is 8.17. The molecule has 1 aliphatic rings. The Kier molecular flexibility index (Phi) is 7.93. The highest BCUT2D eigenvalue weighted by Gasteiger charge is 2.36. The van der Waals surface area contributed by atoms with Gasteiger partial charge in [-0.2, -0.15) is 5.10 Å². The van der Waals surface area contributed by atoms with Crippen molar-refractivity contribution < 1.29 is 9.69 Å². The van der Waals surface area contributed by atoms with Gasteiger partial charge in [-0.05, 0) is 55.3 Å². The molecule has 1 amide bonds. The number of aromatic nitrogens is 1. The van der Waals surface area contributed by atoms with Crippen molar-refractivity contribution in [1.82, 2.24) is 9.99 Å². The molecule has 1 aromatic heterocycles. The van der Waals surface area contributed by atoms with Gasteiger partial charge in [0.1, 0.15) is 0 Å². The number of hydrogen-bond donors (Lipinski definition) is 2. The van der Waals surface area contributed by atoms with E-state index in [2.05, 4.69) is 50.7 Å². The average molecular weight is 637 g/mol. The Morgan fingerprint density at radius 3 is 2.34 bits per heavy atom. The molecule has 5 rings (SSSR count). The number of benzene rings is 3. The van der Waals surface area contributed by atoms with Crippen molar-refractivity contribution >= 4 is 54.4 Å². The highest BCUT2D eigenvalue weighted by molar-refractivity contribution is 9.10. The van der Waals surface area contributed by atoms with E-state index in [1.54, 1.807) is 5.01 Å². The summed E-state index contributed by atoms with van der Waals surface area (Å²) in [5.74, 6) is -0.0483. The minimum atomic E-state index is -0.290. The maximum absolute atomic E-state index is 13.7. The molecule has 0 fully saturated rings. The van der Waals surface area contributed by atoms with Crippen LogP contribution in [0.15, 0.2) is 91.6 Å². The van der Waals surface area contributed by atoms with Crippen molar-refractivity contribution in [1.29, 1.82) is 0 Å². The molecule has 3 aromatic carbocycles. The van der Waals surface area contributed by atoms with E-state index in [-0.39, 0.29) is 17.5 Å². The lowest BCUT2D eigenvalue weighted by Crippen LogP contribution is -3.12. The predicted octanol–water partition coefficient (Wildman–Crippen LogP) is 5.32. The molecule has 1 aliphatic heterocycles. The fraction of sp³-hybridized carbons (Fsp3) is 0.233. The number of fused-ring (bicyclic) bond motifs is 1. The van der Waals surface area contributed by atoms with Gasteiger partial charge in [0.05, 0.1) is 30.4 Å². The Labute approximate surface area is 238 Å². The van der Waals surface area contributed by atoms with E-state index in [1.165, 1.54) is 4.90 Å². The van der Waals surface area contributed by atoms with Gasteiger partial charge in [0.2, 0.25) is 0 Å². The molecule has 2 N–H and O–H groups in total. The molecule has 8 heteroatoms. The fourth-order valence-electron chi connectivity index (χ4n) is 5.08. The summed E-state index contributed by atoms with van der Waals surface area (Å²) in [7, 11) is 0. The second-order valence-corrected chi connectivity index (χ2v) is 11.3. The summed E-state index contributed by atoms with van der Waals surface area (Å²) < 4.78 is 1.88. The molecule has 0 radical (unpaired) electrons. The van der Waals surface area contributed by atoms with Gasteiger partial charge in [-0.25, -0.2) is 5.01 Å². The molecule has 194 valence electrons. The molecule has 0 saturated heterocycles. The van der Waals surface area contributed by atoms with Gasteiger partial charge < -0.3 is 9.88 Å². The van der Waals surface area contributed by atoms with Crippen LogP contribution in [0.2, 0.25) is 0 Å².